The van der Waals surface area contributed by atoms with Gasteiger partial charge in [0.05, 0.1) is 26.4 Å². The van der Waals surface area contributed by atoms with Gasteiger partial charge in [-0.15, -0.1) is 0 Å². The van der Waals surface area contributed by atoms with Gasteiger partial charge in [-0.2, -0.15) is 0 Å². The number of rotatable bonds is 73. The quantitative estimate of drug-likeness (QED) is 0.0222. The molecule has 93 heavy (non-hydrogen) atoms. The Labute approximate surface area is 568 Å². The molecule has 2 unspecified atom stereocenters. The molecule has 0 saturated heterocycles. The number of hydrogen-bond donors (Lipinski definition) is 3. The molecule has 0 aromatic rings. The van der Waals surface area contributed by atoms with E-state index in [0.717, 1.165) is 95.8 Å². The molecule has 0 aromatic heterocycles. The average molecular weight is 1370 g/mol. The normalized spacial score (nSPS) is 14.1. The van der Waals surface area contributed by atoms with Gasteiger partial charge in [0.2, 0.25) is 0 Å². The third-order valence-corrected chi connectivity index (χ3v) is 19.1. The number of aliphatic hydroxyl groups is 1. The molecule has 0 rings (SSSR count). The predicted octanol–water partition coefficient (Wildman–Crippen LogP) is 21.6. The van der Waals surface area contributed by atoms with E-state index < -0.39 is 97.5 Å². The van der Waals surface area contributed by atoms with Gasteiger partial charge in [0.1, 0.15) is 19.3 Å². The first-order valence-electron chi connectivity index (χ1n) is 38.5. The lowest BCUT2D eigenvalue weighted by atomic mass is 10.0. The molecular weight excluding hydrogens is 1220 g/mol. The zero-order valence-electron chi connectivity index (χ0n) is 60.6. The molecule has 0 fully saturated rings. The third-order valence-electron chi connectivity index (χ3n) is 17.2. The zero-order valence-corrected chi connectivity index (χ0v) is 62.3. The molecule has 0 aliphatic heterocycles. The minimum atomic E-state index is -4.95. The molecule has 552 valence electrons. The van der Waals surface area contributed by atoms with Crippen molar-refractivity contribution < 1.29 is 80.2 Å². The Hall–Kier alpha value is -1.94. The molecule has 0 aromatic carbocycles. The highest BCUT2D eigenvalue weighted by atomic mass is 31.2. The summed E-state index contributed by atoms with van der Waals surface area (Å²) in [4.78, 5) is 72.6. The maximum Gasteiger partial charge on any atom is 0.472 e. The van der Waals surface area contributed by atoms with Crippen LogP contribution < -0.4 is 0 Å². The Morgan fingerprint density at radius 3 is 0.731 bits per heavy atom. The van der Waals surface area contributed by atoms with Gasteiger partial charge < -0.3 is 33.8 Å². The molecular formula is C74H144O17P2. The van der Waals surface area contributed by atoms with Crippen molar-refractivity contribution in [1.82, 2.24) is 0 Å². The standard InChI is InChI=1S/C74H144O17P2/c1-7-9-11-13-15-17-19-29-33-39-45-51-57-72(77)85-62-69(90-73(78)58-52-46-40-34-30-27-25-23-21-20-22-24-26-28-31-36-42-48-54-66(3)4)64-88-92(80,81)86-60-68(75)61-87-93(82,83)89-65-70(91-74(79)59-53-47-41-35-37-43-49-55-67(5)6)63-84-71(76)56-50-44-38-32-18-16-14-12-10-8-2/h66-70,75H,7-65H2,1-6H3,(H,80,81)(H,82,83)/t68-,69-,70-/m1/s1. The van der Waals surface area contributed by atoms with Crippen LogP contribution >= 0.6 is 15.6 Å². The van der Waals surface area contributed by atoms with Crippen molar-refractivity contribution in [3.63, 3.8) is 0 Å². The molecule has 19 heteroatoms. The lowest BCUT2D eigenvalue weighted by Gasteiger charge is -2.21. The van der Waals surface area contributed by atoms with E-state index in [2.05, 4.69) is 41.5 Å². The molecule has 5 atom stereocenters. The van der Waals surface area contributed by atoms with Crippen molar-refractivity contribution in [3.8, 4) is 0 Å². The van der Waals surface area contributed by atoms with Crippen molar-refractivity contribution >= 4 is 39.5 Å². The maximum absolute atomic E-state index is 13.1. The van der Waals surface area contributed by atoms with E-state index >= 15 is 0 Å². The monoisotopic (exact) mass is 1370 g/mol. The number of carbonyl (C=O) groups is 4. The van der Waals surface area contributed by atoms with Crippen LogP contribution in [0.25, 0.3) is 0 Å². The highest BCUT2D eigenvalue weighted by Gasteiger charge is 2.30. The van der Waals surface area contributed by atoms with Crippen LogP contribution in [0.1, 0.15) is 382 Å². The van der Waals surface area contributed by atoms with E-state index in [0.29, 0.717) is 31.6 Å². The topological polar surface area (TPSA) is 237 Å². The van der Waals surface area contributed by atoms with E-state index in [9.17, 15) is 43.2 Å². The first-order valence-corrected chi connectivity index (χ1v) is 41.5. The van der Waals surface area contributed by atoms with Crippen molar-refractivity contribution in [3.05, 3.63) is 0 Å². The molecule has 0 aliphatic carbocycles. The first-order chi connectivity index (χ1) is 44.9. The van der Waals surface area contributed by atoms with Crippen molar-refractivity contribution in [2.24, 2.45) is 11.8 Å². The Morgan fingerprint density at radius 1 is 0.290 bits per heavy atom. The molecule has 0 heterocycles. The largest absolute Gasteiger partial charge is 0.472 e. The van der Waals surface area contributed by atoms with E-state index in [1.54, 1.807) is 0 Å². The number of carbonyl (C=O) groups excluding carboxylic acids is 4. The summed E-state index contributed by atoms with van der Waals surface area (Å²) in [6, 6.07) is 0. The van der Waals surface area contributed by atoms with Crippen LogP contribution in [0, 0.1) is 11.8 Å². The number of ether oxygens (including phenoxy) is 4. The van der Waals surface area contributed by atoms with Gasteiger partial charge in [-0.3, -0.25) is 37.3 Å². The van der Waals surface area contributed by atoms with Crippen molar-refractivity contribution in [2.45, 2.75) is 400 Å². The van der Waals surface area contributed by atoms with E-state index in [4.69, 9.17) is 37.0 Å². The molecule has 0 aliphatic rings. The summed E-state index contributed by atoms with van der Waals surface area (Å²) >= 11 is 0. The molecule has 0 radical (unpaired) electrons. The van der Waals surface area contributed by atoms with Crippen LogP contribution in [0.3, 0.4) is 0 Å². The Kier molecular flexibility index (Phi) is 64.6. The molecule has 0 bridgehead atoms. The van der Waals surface area contributed by atoms with Crippen LogP contribution in [-0.2, 0) is 65.4 Å². The Morgan fingerprint density at radius 2 is 0.495 bits per heavy atom. The number of esters is 4. The fourth-order valence-electron chi connectivity index (χ4n) is 11.3. The van der Waals surface area contributed by atoms with Gasteiger partial charge in [0, 0.05) is 25.7 Å². The highest BCUT2D eigenvalue weighted by Crippen LogP contribution is 2.45. The average Bonchev–Trinajstić information content (AvgIpc) is 2.16. The van der Waals surface area contributed by atoms with E-state index in [1.807, 2.05) is 0 Å². The van der Waals surface area contributed by atoms with E-state index in [1.165, 1.54) is 199 Å². The van der Waals surface area contributed by atoms with E-state index in [-0.39, 0.29) is 25.7 Å². The number of hydrogen-bond acceptors (Lipinski definition) is 15. The Balaban J connectivity index is 5.17. The zero-order chi connectivity index (χ0) is 68.6. The lowest BCUT2D eigenvalue weighted by Crippen LogP contribution is -2.30. The molecule has 17 nitrogen and oxygen atoms in total. The van der Waals surface area contributed by atoms with Gasteiger partial charge in [-0.1, -0.05) is 330 Å². The summed E-state index contributed by atoms with van der Waals surface area (Å²) in [5, 5.41) is 10.6. The molecule has 0 amide bonds. The number of aliphatic hydroxyl groups excluding tert-OH is 1. The first kappa shape index (κ1) is 91.1. The summed E-state index contributed by atoms with van der Waals surface area (Å²) in [6.45, 7) is 9.54. The number of phosphoric acid groups is 2. The fourth-order valence-corrected chi connectivity index (χ4v) is 12.9. The fraction of sp³-hybridized carbons (Fsp3) is 0.946. The second kappa shape index (κ2) is 66.0. The summed E-state index contributed by atoms with van der Waals surface area (Å²) in [5.74, 6) is -0.605. The van der Waals surface area contributed by atoms with Gasteiger partial charge in [-0.25, -0.2) is 9.13 Å². The predicted molar refractivity (Wildman–Crippen MR) is 377 cm³/mol. The molecule has 3 N–H and O–H groups in total. The number of unbranched alkanes of at least 4 members (excludes halogenated alkanes) is 43. The SMILES string of the molecule is CCCCCCCCCCCCCCC(=O)OC[C@H](COP(=O)(O)OC[C@@H](O)COP(=O)(O)OC[C@@H](COC(=O)CCCCCCCCCCCC)OC(=O)CCCCCCCCCC(C)C)OC(=O)CCCCCCCCCCCCCCCCCCCCC(C)C. The van der Waals surface area contributed by atoms with Gasteiger partial charge in [0.25, 0.3) is 0 Å². The van der Waals surface area contributed by atoms with Crippen LogP contribution in [0.4, 0.5) is 0 Å². The maximum atomic E-state index is 13.1. The second-order valence-corrected chi connectivity index (χ2v) is 30.5. The van der Waals surface area contributed by atoms with Crippen molar-refractivity contribution in [1.29, 1.82) is 0 Å². The van der Waals surface area contributed by atoms with Crippen LogP contribution in [0.2, 0.25) is 0 Å². The number of phosphoric ester groups is 2. The summed E-state index contributed by atoms with van der Waals surface area (Å²) < 4.78 is 68.4. The smallest absolute Gasteiger partial charge is 0.462 e. The van der Waals surface area contributed by atoms with Crippen molar-refractivity contribution in [2.75, 3.05) is 39.6 Å². The van der Waals surface area contributed by atoms with Crippen LogP contribution in [0.5, 0.6) is 0 Å². The van der Waals surface area contributed by atoms with Gasteiger partial charge in [-0.05, 0) is 37.5 Å². The van der Waals surface area contributed by atoms with Crippen LogP contribution in [0.15, 0.2) is 0 Å². The molecule has 0 saturated carbocycles. The van der Waals surface area contributed by atoms with Gasteiger partial charge in [0.15, 0.2) is 12.2 Å². The van der Waals surface area contributed by atoms with Gasteiger partial charge >= 0.3 is 39.5 Å². The summed E-state index contributed by atoms with van der Waals surface area (Å²) in [5.41, 5.74) is 0. The highest BCUT2D eigenvalue weighted by molar-refractivity contribution is 7.47. The Bertz CT molecular complexity index is 1800. The summed E-state index contributed by atoms with van der Waals surface area (Å²) in [7, 11) is -9.90. The third kappa shape index (κ3) is 68.4. The molecule has 0 spiro atoms. The minimum Gasteiger partial charge on any atom is -0.462 e. The lowest BCUT2D eigenvalue weighted by molar-refractivity contribution is -0.161. The second-order valence-electron chi connectivity index (χ2n) is 27.6. The van der Waals surface area contributed by atoms with Crippen LogP contribution in [-0.4, -0.2) is 96.7 Å². The summed E-state index contributed by atoms with van der Waals surface area (Å²) in [6.07, 6.45) is 52.9. The minimum absolute atomic E-state index is 0.104.